The normalized spacial score (nSPS) is 13.9. The Balaban J connectivity index is 1.23. The van der Waals surface area contributed by atoms with Crippen molar-refractivity contribution in [1.29, 1.82) is 0 Å². The van der Waals surface area contributed by atoms with E-state index >= 15 is 0 Å². The van der Waals surface area contributed by atoms with Gasteiger partial charge in [-0.2, -0.15) is 0 Å². The zero-order chi connectivity index (χ0) is 19.9. The van der Waals surface area contributed by atoms with Crippen LogP contribution < -0.4 is 20.9 Å². The van der Waals surface area contributed by atoms with Crippen LogP contribution in [-0.4, -0.2) is 55.4 Å². The summed E-state index contributed by atoms with van der Waals surface area (Å²) in [6, 6.07) is 15.6. The number of benzene rings is 2. The fraction of sp³-hybridized carbons (Fsp3) is 0.286. The molecule has 150 valence electrons. The summed E-state index contributed by atoms with van der Waals surface area (Å²) in [5.74, 6) is 1.62. The summed E-state index contributed by atoms with van der Waals surface area (Å²) in [6.45, 7) is 4.10. The van der Waals surface area contributed by atoms with Gasteiger partial charge in [0.15, 0.2) is 0 Å². The van der Waals surface area contributed by atoms with Crippen molar-refractivity contribution in [3.05, 3.63) is 54.9 Å². The molecule has 1 aliphatic rings. The van der Waals surface area contributed by atoms with Gasteiger partial charge in [0.25, 0.3) is 0 Å². The Bertz CT molecular complexity index is 974. The number of rotatable bonds is 6. The lowest BCUT2D eigenvalue weighted by molar-refractivity contribution is 0.122. The first-order valence-electron chi connectivity index (χ1n) is 9.70. The van der Waals surface area contributed by atoms with Gasteiger partial charge in [-0.15, -0.1) is 0 Å². The van der Waals surface area contributed by atoms with Gasteiger partial charge in [0, 0.05) is 37.9 Å². The number of aromatic nitrogens is 2. The molecular weight excluding hydrogens is 368 g/mol. The molecule has 1 aromatic heterocycles. The predicted molar refractivity (Wildman–Crippen MR) is 115 cm³/mol. The van der Waals surface area contributed by atoms with E-state index in [-0.39, 0.29) is 6.03 Å². The van der Waals surface area contributed by atoms with Gasteiger partial charge in [-0.05, 0) is 22.9 Å². The quantitative estimate of drug-likeness (QED) is 0.559. The molecule has 1 saturated heterocycles. The molecule has 0 bridgehead atoms. The van der Waals surface area contributed by atoms with Crippen molar-refractivity contribution >= 4 is 34.1 Å². The van der Waals surface area contributed by atoms with Crippen LogP contribution in [0.4, 0.5) is 22.1 Å². The molecule has 2 aromatic carbocycles. The molecule has 0 atom stereocenters. The van der Waals surface area contributed by atoms with Crippen LogP contribution in [0.25, 0.3) is 10.8 Å². The van der Waals surface area contributed by atoms with Gasteiger partial charge in [0.05, 0.1) is 13.2 Å². The van der Waals surface area contributed by atoms with Crippen molar-refractivity contribution in [2.45, 2.75) is 0 Å². The van der Waals surface area contributed by atoms with Crippen LogP contribution in [-0.2, 0) is 4.74 Å². The number of urea groups is 1. The topological polar surface area (TPSA) is 91.4 Å². The molecule has 0 saturated carbocycles. The minimum atomic E-state index is -0.237. The maximum Gasteiger partial charge on any atom is 0.319 e. The third-order valence-electron chi connectivity index (χ3n) is 4.71. The average molecular weight is 392 g/mol. The summed E-state index contributed by atoms with van der Waals surface area (Å²) >= 11 is 0. The van der Waals surface area contributed by atoms with Crippen molar-refractivity contribution < 1.29 is 9.53 Å². The molecule has 3 aromatic rings. The van der Waals surface area contributed by atoms with E-state index in [1.165, 1.54) is 0 Å². The smallest absolute Gasteiger partial charge is 0.319 e. The maximum absolute atomic E-state index is 12.1. The van der Waals surface area contributed by atoms with E-state index in [4.69, 9.17) is 4.74 Å². The van der Waals surface area contributed by atoms with E-state index in [1.54, 1.807) is 6.33 Å². The highest BCUT2D eigenvalue weighted by Crippen LogP contribution is 2.18. The molecule has 1 fully saturated rings. The molecule has 0 unspecified atom stereocenters. The first kappa shape index (κ1) is 18.9. The van der Waals surface area contributed by atoms with Gasteiger partial charge >= 0.3 is 6.03 Å². The Hall–Kier alpha value is -3.39. The highest BCUT2D eigenvalue weighted by Gasteiger charge is 2.12. The second-order valence-electron chi connectivity index (χ2n) is 6.73. The average Bonchev–Trinajstić information content (AvgIpc) is 2.77. The Kier molecular flexibility index (Phi) is 6.01. The van der Waals surface area contributed by atoms with Crippen molar-refractivity contribution in [3.63, 3.8) is 0 Å². The van der Waals surface area contributed by atoms with E-state index in [0.717, 1.165) is 41.2 Å². The van der Waals surface area contributed by atoms with Crippen molar-refractivity contribution in [1.82, 2.24) is 15.3 Å². The van der Waals surface area contributed by atoms with Crippen LogP contribution >= 0.6 is 0 Å². The molecule has 0 aliphatic carbocycles. The van der Waals surface area contributed by atoms with Crippen molar-refractivity contribution in [2.75, 3.05) is 54.9 Å². The molecule has 4 rings (SSSR count). The summed E-state index contributed by atoms with van der Waals surface area (Å²) < 4.78 is 5.37. The Labute approximate surface area is 169 Å². The molecular formula is C21H24N6O2. The Morgan fingerprint density at radius 2 is 1.83 bits per heavy atom. The number of morpholine rings is 1. The molecule has 3 N–H and O–H groups in total. The summed E-state index contributed by atoms with van der Waals surface area (Å²) in [7, 11) is 0. The number of carbonyl (C=O) groups excluding carboxylic acids is 1. The number of nitrogens with one attached hydrogen (secondary N) is 3. The second kappa shape index (κ2) is 9.20. The third-order valence-corrected chi connectivity index (χ3v) is 4.71. The lowest BCUT2D eigenvalue weighted by Gasteiger charge is -2.27. The Morgan fingerprint density at radius 3 is 2.69 bits per heavy atom. The number of fused-ring (bicyclic) bond motifs is 1. The SMILES string of the molecule is O=C(NCCNc1cc(N2CCOCC2)ncn1)Nc1ccc2ccccc2c1. The standard InChI is InChI=1S/C21H24N6O2/c28-21(26-18-6-5-16-3-1-2-4-17(16)13-18)23-8-7-22-19-14-20(25-15-24-19)27-9-11-29-12-10-27/h1-6,13-15H,7-12H2,(H,22,24,25)(H2,23,26,28). The van der Waals surface area contributed by atoms with Crippen LogP contribution in [0.15, 0.2) is 54.9 Å². The van der Waals surface area contributed by atoms with E-state index in [9.17, 15) is 4.79 Å². The number of anilines is 3. The number of hydrogen-bond donors (Lipinski definition) is 3. The third kappa shape index (κ3) is 5.11. The first-order chi connectivity index (χ1) is 14.3. The predicted octanol–water partition coefficient (Wildman–Crippen LogP) is 2.70. The summed E-state index contributed by atoms with van der Waals surface area (Å²) in [6.07, 6.45) is 1.55. The zero-order valence-electron chi connectivity index (χ0n) is 16.1. The maximum atomic E-state index is 12.1. The van der Waals surface area contributed by atoms with Crippen molar-refractivity contribution in [3.8, 4) is 0 Å². The zero-order valence-corrected chi connectivity index (χ0v) is 16.1. The molecule has 0 spiro atoms. The van der Waals surface area contributed by atoms with E-state index < -0.39 is 0 Å². The largest absolute Gasteiger partial charge is 0.378 e. The fourth-order valence-electron chi connectivity index (χ4n) is 3.22. The van der Waals surface area contributed by atoms with E-state index in [2.05, 4.69) is 30.8 Å². The highest BCUT2D eigenvalue weighted by atomic mass is 16.5. The molecule has 8 nitrogen and oxygen atoms in total. The number of hydrogen-bond acceptors (Lipinski definition) is 6. The minimum absolute atomic E-state index is 0.237. The second-order valence-corrected chi connectivity index (χ2v) is 6.73. The van der Waals surface area contributed by atoms with Gasteiger partial charge in [-0.25, -0.2) is 14.8 Å². The van der Waals surface area contributed by atoms with Gasteiger partial charge in [0.2, 0.25) is 0 Å². The fourth-order valence-corrected chi connectivity index (χ4v) is 3.22. The molecule has 1 aliphatic heterocycles. The summed E-state index contributed by atoms with van der Waals surface area (Å²) in [4.78, 5) is 22.9. The van der Waals surface area contributed by atoms with E-state index in [1.807, 2.05) is 48.5 Å². The minimum Gasteiger partial charge on any atom is -0.378 e. The van der Waals surface area contributed by atoms with Crippen LogP contribution in [0, 0.1) is 0 Å². The van der Waals surface area contributed by atoms with Gasteiger partial charge in [-0.1, -0.05) is 30.3 Å². The number of carbonyl (C=O) groups is 1. The van der Waals surface area contributed by atoms with Gasteiger partial charge in [-0.3, -0.25) is 0 Å². The molecule has 0 radical (unpaired) electrons. The van der Waals surface area contributed by atoms with Crippen LogP contribution in [0.1, 0.15) is 0 Å². The first-order valence-corrected chi connectivity index (χ1v) is 9.70. The van der Waals surface area contributed by atoms with Crippen LogP contribution in [0.3, 0.4) is 0 Å². The number of nitrogens with zero attached hydrogens (tertiary/aromatic N) is 3. The molecule has 2 amide bonds. The Morgan fingerprint density at radius 1 is 1.00 bits per heavy atom. The van der Waals surface area contributed by atoms with Crippen LogP contribution in [0.2, 0.25) is 0 Å². The lowest BCUT2D eigenvalue weighted by atomic mass is 10.1. The van der Waals surface area contributed by atoms with Crippen LogP contribution in [0.5, 0.6) is 0 Å². The van der Waals surface area contributed by atoms with Gasteiger partial charge in [0.1, 0.15) is 18.0 Å². The lowest BCUT2D eigenvalue weighted by Crippen LogP contribution is -2.36. The van der Waals surface area contributed by atoms with Crippen molar-refractivity contribution in [2.24, 2.45) is 0 Å². The molecule has 8 heteroatoms. The highest BCUT2D eigenvalue weighted by molar-refractivity contribution is 5.93. The van der Waals surface area contributed by atoms with E-state index in [0.29, 0.717) is 26.3 Å². The monoisotopic (exact) mass is 392 g/mol. The molecule has 29 heavy (non-hydrogen) atoms. The summed E-state index contributed by atoms with van der Waals surface area (Å²) in [5.41, 5.74) is 0.764. The molecule has 2 heterocycles. The summed E-state index contributed by atoms with van der Waals surface area (Å²) in [5, 5.41) is 11.2. The number of ether oxygens (including phenoxy) is 1. The number of amides is 2. The van der Waals surface area contributed by atoms with Gasteiger partial charge < -0.3 is 25.6 Å².